The number of nitrogens with zero attached hydrogens (tertiary/aromatic N) is 3. The van der Waals surface area contributed by atoms with E-state index in [1.165, 1.54) is 18.2 Å². The number of amidine groups is 1. The van der Waals surface area contributed by atoms with E-state index in [1.807, 2.05) is 18.2 Å². The molecule has 1 aromatic heterocycles. The summed E-state index contributed by atoms with van der Waals surface area (Å²) in [4.78, 5) is 29.2. The Morgan fingerprint density at radius 2 is 1.97 bits per heavy atom. The lowest BCUT2D eigenvalue weighted by Crippen LogP contribution is -2.25. The summed E-state index contributed by atoms with van der Waals surface area (Å²) >= 11 is 7.18. The zero-order valence-corrected chi connectivity index (χ0v) is 19.2. The standard InChI is InChI=1S/C24H18ClFN4O3S/c25-15-9-7-14(8-10-15)18-12-19(20-6-3-11-33-20)30(29-18)24-28-23(32)21(34-24)13-22(31)27-17-5-2-1-4-16(17)26/h1-11,19,21H,12-13H2,(H,27,31). The summed E-state index contributed by atoms with van der Waals surface area (Å²) < 4.78 is 19.5. The first-order valence-electron chi connectivity index (χ1n) is 10.5. The molecule has 2 unspecified atom stereocenters. The summed E-state index contributed by atoms with van der Waals surface area (Å²) in [6.07, 6.45) is 1.98. The Balaban J connectivity index is 1.33. The van der Waals surface area contributed by atoms with Crippen LogP contribution in [0.3, 0.4) is 0 Å². The van der Waals surface area contributed by atoms with E-state index in [-0.39, 0.29) is 18.2 Å². The van der Waals surface area contributed by atoms with Crippen molar-refractivity contribution in [3.05, 3.63) is 89.1 Å². The number of amides is 2. The van der Waals surface area contributed by atoms with E-state index in [2.05, 4.69) is 10.3 Å². The van der Waals surface area contributed by atoms with Crippen molar-refractivity contribution in [3.8, 4) is 0 Å². The normalized spacial score (nSPS) is 19.8. The van der Waals surface area contributed by atoms with Gasteiger partial charge in [-0.2, -0.15) is 10.1 Å². The number of aliphatic imine (C=N–C) groups is 1. The fourth-order valence-corrected chi connectivity index (χ4v) is 4.93. The average molecular weight is 497 g/mol. The monoisotopic (exact) mass is 496 g/mol. The van der Waals surface area contributed by atoms with Crippen LogP contribution in [0.1, 0.15) is 30.2 Å². The largest absolute Gasteiger partial charge is 0.467 e. The van der Waals surface area contributed by atoms with Gasteiger partial charge in [0.15, 0.2) is 5.17 Å². The lowest BCUT2D eigenvalue weighted by molar-refractivity contribution is -0.121. The molecule has 0 spiro atoms. The van der Waals surface area contributed by atoms with Gasteiger partial charge in [-0.1, -0.05) is 47.6 Å². The van der Waals surface area contributed by atoms with E-state index < -0.39 is 22.9 Å². The third-order valence-electron chi connectivity index (χ3n) is 5.40. The van der Waals surface area contributed by atoms with Gasteiger partial charge in [0.05, 0.1) is 17.7 Å². The summed E-state index contributed by atoms with van der Waals surface area (Å²) in [6.45, 7) is 0. The number of hydrazone groups is 1. The molecule has 0 saturated heterocycles. The number of carbonyl (C=O) groups excluding carboxylic acids is 2. The second-order valence-electron chi connectivity index (χ2n) is 7.70. The molecule has 2 aliphatic heterocycles. The van der Waals surface area contributed by atoms with E-state index >= 15 is 0 Å². The first-order chi connectivity index (χ1) is 16.5. The number of hydrogen-bond acceptors (Lipinski definition) is 6. The molecule has 2 atom stereocenters. The maximum Gasteiger partial charge on any atom is 0.262 e. The summed E-state index contributed by atoms with van der Waals surface area (Å²) in [5.74, 6) is -0.761. The van der Waals surface area contributed by atoms with Gasteiger partial charge in [0, 0.05) is 17.9 Å². The van der Waals surface area contributed by atoms with Gasteiger partial charge in [-0.3, -0.25) is 9.59 Å². The van der Waals surface area contributed by atoms with Gasteiger partial charge in [0.1, 0.15) is 22.9 Å². The van der Waals surface area contributed by atoms with Crippen LogP contribution in [0.15, 0.2) is 81.4 Å². The van der Waals surface area contributed by atoms with Crippen molar-refractivity contribution in [2.24, 2.45) is 10.1 Å². The molecule has 5 rings (SSSR count). The summed E-state index contributed by atoms with van der Waals surface area (Å²) in [5, 5.41) is 9.19. The average Bonchev–Trinajstić information content (AvgIpc) is 3.56. The molecular weight excluding hydrogens is 479 g/mol. The molecule has 7 nitrogen and oxygen atoms in total. The highest BCUT2D eigenvalue weighted by Crippen LogP contribution is 2.38. The Hall–Kier alpha value is -3.43. The van der Waals surface area contributed by atoms with E-state index in [9.17, 15) is 14.0 Å². The molecule has 2 amide bonds. The molecule has 2 aliphatic rings. The van der Waals surface area contributed by atoms with E-state index in [0.29, 0.717) is 22.4 Å². The van der Waals surface area contributed by atoms with Gasteiger partial charge in [-0.05, 0) is 42.0 Å². The van der Waals surface area contributed by atoms with Gasteiger partial charge >= 0.3 is 0 Å². The number of hydrogen-bond donors (Lipinski definition) is 1. The summed E-state index contributed by atoms with van der Waals surface area (Å²) in [5.41, 5.74) is 1.77. The lowest BCUT2D eigenvalue weighted by atomic mass is 10.0. The molecule has 172 valence electrons. The Bertz CT molecular complexity index is 1290. The van der Waals surface area contributed by atoms with Crippen molar-refractivity contribution in [1.29, 1.82) is 0 Å². The van der Waals surface area contributed by atoms with Crippen molar-refractivity contribution < 1.29 is 18.4 Å². The second kappa shape index (κ2) is 9.44. The van der Waals surface area contributed by atoms with Crippen LogP contribution in [0.2, 0.25) is 5.02 Å². The molecule has 10 heteroatoms. The molecule has 3 heterocycles. The highest BCUT2D eigenvalue weighted by Gasteiger charge is 2.40. The molecule has 1 N–H and O–H groups in total. The molecule has 0 bridgehead atoms. The first-order valence-corrected chi connectivity index (χ1v) is 11.7. The molecule has 0 radical (unpaired) electrons. The topological polar surface area (TPSA) is 87.3 Å². The van der Waals surface area contributed by atoms with Crippen LogP contribution in [-0.4, -0.2) is 33.0 Å². The summed E-state index contributed by atoms with van der Waals surface area (Å²) in [6, 6.07) is 16.6. The fraction of sp³-hybridized carbons (Fsp3) is 0.167. The molecule has 0 fully saturated rings. The predicted molar refractivity (Wildman–Crippen MR) is 129 cm³/mol. The van der Waals surface area contributed by atoms with Gasteiger partial charge in [0.2, 0.25) is 5.91 Å². The predicted octanol–water partition coefficient (Wildman–Crippen LogP) is 5.25. The molecule has 2 aromatic carbocycles. The number of para-hydroxylation sites is 1. The molecule has 3 aromatic rings. The zero-order valence-electron chi connectivity index (χ0n) is 17.7. The Kier molecular flexibility index (Phi) is 6.21. The maximum absolute atomic E-state index is 13.8. The molecule has 34 heavy (non-hydrogen) atoms. The van der Waals surface area contributed by atoms with Crippen molar-refractivity contribution in [2.75, 3.05) is 5.32 Å². The van der Waals surface area contributed by atoms with Crippen LogP contribution in [0.25, 0.3) is 0 Å². The van der Waals surface area contributed by atoms with E-state index in [1.54, 1.807) is 35.5 Å². The van der Waals surface area contributed by atoms with E-state index in [4.69, 9.17) is 21.1 Å². The van der Waals surface area contributed by atoms with Gasteiger partial charge in [-0.25, -0.2) is 9.40 Å². The highest BCUT2D eigenvalue weighted by molar-refractivity contribution is 8.15. The van der Waals surface area contributed by atoms with Gasteiger partial charge in [0.25, 0.3) is 5.91 Å². The number of rotatable bonds is 5. The number of furan rings is 1. The number of benzene rings is 2. The van der Waals surface area contributed by atoms with Crippen LogP contribution in [0.4, 0.5) is 10.1 Å². The minimum atomic E-state index is -0.728. The first kappa shape index (κ1) is 22.4. The molecule has 0 aliphatic carbocycles. The van der Waals surface area contributed by atoms with Crippen molar-refractivity contribution >= 4 is 51.7 Å². The van der Waals surface area contributed by atoms with Crippen LogP contribution < -0.4 is 5.32 Å². The third kappa shape index (κ3) is 4.62. The smallest absolute Gasteiger partial charge is 0.262 e. The number of anilines is 1. The lowest BCUT2D eigenvalue weighted by Gasteiger charge is -2.20. The van der Waals surface area contributed by atoms with Gasteiger partial charge < -0.3 is 9.73 Å². The molecular formula is C24H18ClFN4O3S. The SMILES string of the molecule is O=C(CC1SC(N2N=C(c3ccc(Cl)cc3)CC2c2ccco2)=NC1=O)Nc1ccccc1F. The van der Waals surface area contributed by atoms with Crippen molar-refractivity contribution in [1.82, 2.24) is 5.01 Å². The Labute approximate surface area is 203 Å². The van der Waals surface area contributed by atoms with Crippen LogP contribution in [0, 0.1) is 5.82 Å². The quantitative estimate of drug-likeness (QED) is 0.521. The van der Waals surface area contributed by atoms with Crippen molar-refractivity contribution in [3.63, 3.8) is 0 Å². The Morgan fingerprint density at radius 3 is 2.71 bits per heavy atom. The van der Waals surface area contributed by atoms with Crippen LogP contribution >= 0.6 is 23.4 Å². The highest BCUT2D eigenvalue weighted by atomic mass is 35.5. The molecule has 0 saturated carbocycles. The maximum atomic E-state index is 13.8. The number of halogens is 2. The number of carbonyl (C=O) groups is 2. The van der Waals surface area contributed by atoms with Gasteiger partial charge in [-0.15, -0.1) is 0 Å². The minimum Gasteiger partial charge on any atom is -0.467 e. The zero-order chi connectivity index (χ0) is 23.7. The summed E-state index contributed by atoms with van der Waals surface area (Å²) in [7, 11) is 0. The van der Waals surface area contributed by atoms with E-state index in [0.717, 1.165) is 23.0 Å². The van der Waals surface area contributed by atoms with Crippen LogP contribution in [-0.2, 0) is 9.59 Å². The number of thioether (sulfide) groups is 1. The van der Waals surface area contributed by atoms with Crippen molar-refractivity contribution in [2.45, 2.75) is 24.1 Å². The Morgan fingerprint density at radius 1 is 1.18 bits per heavy atom. The fourth-order valence-electron chi connectivity index (χ4n) is 3.74. The van der Waals surface area contributed by atoms with Crippen LogP contribution in [0.5, 0.6) is 0 Å². The third-order valence-corrected chi connectivity index (χ3v) is 6.80. The second-order valence-corrected chi connectivity index (χ2v) is 9.31. The number of nitrogens with one attached hydrogen (secondary N) is 1. The minimum absolute atomic E-state index is 0.0683.